The smallest absolute Gasteiger partial charge is 0.333 e. The molecule has 1 heterocycles. The van der Waals surface area contributed by atoms with Crippen LogP contribution in [-0.4, -0.2) is 35.5 Å². The molecule has 0 saturated heterocycles. The molecular formula is C30H35ClF2N2O3. The Morgan fingerprint density at radius 2 is 1.92 bits per heavy atom. The summed E-state index contributed by atoms with van der Waals surface area (Å²) in [5, 5.41) is 3.64. The van der Waals surface area contributed by atoms with Crippen molar-refractivity contribution in [1.29, 1.82) is 0 Å². The van der Waals surface area contributed by atoms with Crippen molar-refractivity contribution < 1.29 is 23.1 Å². The van der Waals surface area contributed by atoms with E-state index in [1.807, 2.05) is 33.0 Å². The van der Waals surface area contributed by atoms with Gasteiger partial charge in [-0.2, -0.15) is 0 Å². The number of carbonyl (C=O) groups excluding carboxylic acids is 2. The zero-order valence-corrected chi connectivity index (χ0v) is 23.5. The average molecular weight is 545 g/mol. The van der Waals surface area contributed by atoms with Gasteiger partial charge >= 0.3 is 12.0 Å². The van der Waals surface area contributed by atoms with Gasteiger partial charge in [0, 0.05) is 29.1 Å². The van der Waals surface area contributed by atoms with Crippen LogP contribution in [0.5, 0.6) is 0 Å². The van der Waals surface area contributed by atoms with E-state index in [9.17, 15) is 18.4 Å². The zero-order valence-electron chi connectivity index (χ0n) is 22.8. The summed E-state index contributed by atoms with van der Waals surface area (Å²) in [5.41, 5.74) is 2.32. The SMILES string of the molecule is COC(=O)C1=C2CC2(N2C=C3[C@H](C)[C@@H](C)CCC3(c3ccc(C4C(C(C)(C)C)C4(F)F)c(Cl)c3)NC2=O)C1. The maximum atomic E-state index is 14.8. The number of urea groups is 1. The molecule has 0 spiro atoms. The van der Waals surface area contributed by atoms with Gasteiger partial charge in [-0.25, -0.2) is 18.4 Å². The molecule has 3 saturated carbocycles. The normalized spacial score (nSPS) is 36.9. The van der Waals surface area contributed by atoms with Crippen molar-refractivity contribution in [3.8, 4) is 0 Å². The van der Waals surface area contributed by atoms with E-state index in [-0.39, 0.29) is 17.9 Å². The highest BCUT2D eigenvalue weighted by molar-refractivity contribution is 6.31. The Balaban J connectivity index is 1.38. The lowest BCUT2D eigenvalue weighted by atomic mass is 9.64. The summed E-state index contributed by atoms with van der Waals surface area (Å²) in [5.74, 6) is -4.18. The van der Waals surface area contributed by atoms with Gasteiger partial charge in [-0.15, -0.1) is 0 Å². The molecule has 204 valence electrons. The van der Waals surface area contributed by atoms with Gasteiger partial charge in [-0.05, 0) is 64.9 Å². The Kier molecular flexibility index (Phi) is 5.33. The summed E-state index contributed by atoms with van der Waals surface area (Å²) in [4.78, 5) is 27.5. The molecule has 0 bridgehead atoms. The molecule has 4 unspecified atom stereocenters. The summed E-state index contributed by atoms with van der Waals surface area (Å²) in [6.07, 6.45) is 4.78. The molecule has 6 rings (SSSR count). The number of hydrogen-bond donors (Lipinski definition) is 1. The molecule has 0 radical (unpaired) electrons. The molecule has 5 nitrogen and oxygen atoms in total. The van der Waals surface area contributed by atoms with E-state index in [0.717, 1.165) is 23.1 Å². The Morgan fingerprint density at radius 1 is 1.21 bits per heavy atom. The van der Waals surface area contributed by atoms with Crippen LogP contribution in [0.2, 0.25) is 5.02 Å². The van der Waals surface area contributed by atoms with E-state index in [1.165, 1.54) is 7.11 Å². The Morgan fingerprint density at radius 3 is 2.50 bits per heavy atom. The minimum atomic E-state index is -2.79. The van der Waals surface area contributed by atoms with E-state index in [4.69, 9.17) is 16.3 Å². The fourth-order valence-electron chi connectivity index (χ4n) is 7.61. The highest BCUT2D eigenvalue weighted by atomic mass is 35.5. The number of amides is 2. The number of hydrogen-bond acceptors (Lipinski definition) is 3. The monoisotopic (exact) mass is 544 g/mol. The Labute approximate surface area is 227 Å². The number of carbonyl (C=O) groups is 2. The summed E-state index contributed by atoms with van der Waals surface area (Å²) in [6.45, 7) is 9.92. The van der Waals surface area contributed by atoms with Crippen molar-refractivity contribution in [2.45, 2.75) is 83.2 Å². The third kappa shape index (κ3) is 3.32. The first-order valence-corrected chi connectivity index (χ1v) is 13.9. The van der Waals surface area contributed by atoms with Crippen LogP contribution < -0.4 is 5.32 Å². The van der Waals surface area contributed by atoms with Crippen LogP contribution in [0.25, 0.3) is 0 Å². The van der Waals surface area contributed by atoms with Crippen molar-refractivity contribution in [2.75, 3.05) is 7.11 Å². The average Bonchev–Trinajstić information content (AvgIpc) is 3.64. The molecule has 3 fully saturated rings. The van der Waals surface area contributed by atoms with Gasteiger partial charge in [-0.1, -0.05) is 58.4 Å². The standard InChI is InChI=1S/C30H35ClF2N2O3/c1-15-9-10-29(17-7-8-18(22(31)11-17)23-24(27(3,4)5)30(23,32)33)21(16(15)2)14-35(26(37)34-29)28-12-19(20(28)13-28)25(36)38-6/h7-8,11,14-16,23-24H,9-10,12-13H2,1-6H3,(H,34,37)/t15-,16+,23?,24?,28?,29?/m0/s1. The third-order valence-corrected chi connectivity index (χ3v) is 10.4. The second kappa shape index (κ2) is 7.83. The molecule has 6 atom stereocenters. The van der Waals surface area contributed by atoms with E-state index >= 15 is 0 Å². The minimum absolute atomic E-state index is 0.186. The topological polar surface area (TPSA) is 58.6 Å². The predicted molar refractivity (Wildman–Crippen MR) is 141 cm³/mol. The summed E-state index contributed by atoms with van der Waals surface area (Å²) in [7, 11) is 1.37. The highest BCUT2D eigenvalue weighted by Gasteiger charge is 2.72. The fourth-order valence-corrected chi connectivity index (χ4v) is 7.90. The second-order valence-electron chi connectivity index (χ2n) is 13.2. The molecule has 1 N–H and O–H groups in total. The van der Waals surface area contributed by atoms with E-state index in [1.54, 1.807) is 17.0 Å². The van der Waals surface area contributed by atoms with Crippen LogP contribution in [0.3, 0.4) is 0 Å². The lowest BCUT2D eigenvalue weighted by molar-refractivity contribution is -0.136. The number of halogens is 3. The number of benzene rings is 1. The predicted octanol–water partition coefficient (Wildman–Crippen LogP) is 6.92. The van der Waals surface area contributed by atoms with Crippen LogP contribution in [0.15, 0.2) is 41.1 Å². The molecule has 1 aromatic carbocycles. The van der Waals surface area contributed by atoms with Gasteiger partial charge in [0.25, 0.3) is 5.92 Å². The Hall–Kier alpha value is -2.41. The van der Waals surface area contributed by atoms with Crippen LogP contribution in [-0.2, 0) is 15.1 Å². The summed E-state index contributed by atoms with van der Waals surface area (Å²) in [6, 6.07) is 5.19. The van der Waals surface area contributed by atoms with E-state index in [0.29, 0.717) is 41.3 Å². The number of alkyl halides is 2. The number of esters is 1. The first kappa shape index (κ1) is 25.8. The van der Waals surface area contributed by atoms with Crippen LogP contribution in [0.4, 0.5) is 13.6 Å². The molecule has 1 aliphatic heterocycles. The van der Waals surface area contributed by atoms with Gasteiger partial charge in [-0.3, -0.25) is 4.90 Å². The first-order valence-electron chi connectivity index (χ1n) is 13.5. The molecule has 0 aromatic heterocycles. The molecule has 1 aromatic rings. The van der Waals surface area contributed by atoms with Crippen molar-refractivity contribution in [1.82, 2.24) is 10.2 Å². The van der Waals surface area contributed by atoms with Crippen molar-refractivity contribution >= 4 is 23.6 Å². The number of nitrogens with zero attached hydrogens (tertiary/aromatic N) is 1. The molecule has 38 heavy (non-hydrogen) atoms. The molecule has 5 aliphatic rings. The lowest BCUT2D eigenvalue weighted by Gasteiger charge is -2.51. The number of nitrogens with one attached hydrogen (secondary N) is 1. The largest absolute Gasteiger partial charge is 0.466 e. The summed E-state index contributed by atoms with van der Waals surface area (Å²) < 4.78 is 34.5. The molecule has 8 heteroatoms. The zero-order chi connectivity index (χ0) is 27.6. The van der Waals surface area contributed by atoms with E-state index < -0.39 is 34.3 Å². The molecule has 4 aliphatic carbocycles. The van der Waals surface area contributed by atoms with Gasteiger partial charge < -0.3 is 10.1 Å². The minimum Gasteiger partial charge on any atom is -0.466 e. The van der Waals surface area contributed by atoms with E-state index in [2.05, 4.69) is 19.2 Å². The molecular weight excluding hydrogens is 510 g/mol. The van der Waals surface area contributed by atoms with Crippen LogP contribution in [0, 0.1) is 23.2 Å². The number of ether oxygens (including phenoxy) is 1. The van der Waals surface area contributed by atoms with Crippen molar-refractivity contribution in [2.24, 2.45) is 23.2 Å². The Bertz CT molecular complexity index is 1330. The number of fused-ring (bicyclic) bond motifs is 2. The maximum absolute atomic E-state index is 14.8. The van der Waals surface area contributed by atoms with Crippen molar-refractivity contribution in [3.63, 3.8) is 0 Å². The van der Waals surface area contributed by atoms with Gasteiger partial charge in [0.1, 0.15) is 0 Å². The first-order chi connectivity index (χ1) is 17.7. The number of methoxy groups -OCH3 is 1. The third-order valence-electron chi connectivity index (χ3n) is 10.1. The fraction of sp³-hybridized carbons (Fsp3) is 0.600. The molecule has 2 amide bonds. The highest BCUT2D eigenvalue weighted by Crippen LogP contribution is 2.69. The lowest BCUT2D eigenvalue weighted by Crippen LogP contribution is -2.61. The maximum Gasteiger partial charge on any atom is 0.333 e. The van der Waals surface area contributed by atoms with Crippen LogP contribution in [0.1, 0.15) is 77.3 Å². The quantitative estimate of drug-likeness (QED) is 0.418. The second-order valence-corrected chi connectivity index (χ2v) is 13.6. The van der Waals surface area contributed by atoms with Gasteiger partial charge in [0.15, 0.2) is 0 Å². The van der Waals surface area contributed by atoms with Crippen LogP contribution >= 0.6 is 11.6 Å². The van der Waals surface area contributed by atoms with Crippen molar-refractivity contribution in [3.05, 3.63) is 57.3 Å². The number of rotatable bonds is 4. The van der Waals surface area contributed by atoms with Gasteiger partial charge in [0.05, 0.1) is 24.1 Å². The summed E-state index contributed by atoms with van der Waals surface area (Å²) >= 11 is 6.73. The van der Waals surface area contributed by atoms with Gasteiger partial charge in [0.2, 0.25) is 0 Å².